The lowest BCUT2D eigenvalue weighted by Gasteiger charge is -2.14. The molecule has 3 N–H and O–H groups in total. The molecular formula is C26H40N2O3S. The number of hydrogen-bond donors (Lipinski definition) is 2. The van der Waals surface area contributed by atoms with Gasteiger partial charge >= 0.3 is 0 Å². The second-order valence-corrected chi connectivity index (χ2v) is 10.1. The van der Waals surface area contributed by atoms with E-state index in [-0.39, 0.29) is 4.90 Å². The van der Waals surface area contributed by atoms with Crippen molar-refractivity contribution in [1.82, 2.24) is 0 Å². The molecule has 0 aromatic heterocycles. The number of nitrogens with two attached hydrogens (primary N) is 1. The summed E-state index contributed by atoms with van der Waals surface area (Å²) in [4.78, 5) is 0.169. The predicted octanol–water partition coefficient (Wildman–Crippen LogP) is 7.15. The highest BCUT2D eigenvalue weighted by molar-refractivity contribution is 7.92. The smallest absolute Gasteiger partial charge is 0.262 e. The van der Waals surface area contributed by atoms with Gasteiger partial charge in [-0.2, -0.15) is 0 Å². The summed E-state index contributed by atoms with van der Waals surface area (Å²) in [5.41, 5.74) is 6.62. The van der Waals surface area contributed by atoms with Gasteiger partial charge in [0.15, 0.2) is 0 Å². The largest absolute Gasteiger partial charge is 0.491 e. The number of benzene rings is 2. The first-order chi connectivity index (χ1) is 15.5. The van der Waals surface area contributed by atoms with Gasteiger partial charge in [0, 0.05) is 5.69 Å². The minimum atomic E-state index is -3.70. The van der Waals surface area contributed by atoms with E-state index in [2.05, 4.69) is 11.6 Å². The lowest BCUT2D eigenvalue weighted by Crippen LogP contribution is -2.14. The molecule has 0 saturated carbocycles. The molecule has 0 aliphatic heterocycles. The van der Waals surface area contributed by atoms with Gasteiger partial charge in [0.05, 0.1) is 17.2 Å². The number of rotatable bonds is 17. The summed E-state index contributed by atoms with van der Waals surface area (Å²) >= 11 is 0. The standard InChI is InChI=1S/C26H40N2O3S/c1-2-3-4-5-6-7-8-9-10-11-12-15-22-31-26-17-14-13-16-25(26)28-32(29,30)24-20-18-23(27)19-21-24/h13-14,16-21,28H,2-12,15,22,27H2,1H3. The Hall–Kier alpha value is -2.21. The maximum atomic E-state index is 12.6. The van der Waals surface area contributed by atoms with Crippen LogP contribution in [-0.4, -0.2) is 15.0 Å². The zero-order valence-corrected chi connectivity index (χ0v) is 20.3. The quantitative estimate of drug-likeness (QED) is 0.194. The van der Waals surface area contributed by atoms with Crippen LogP contribution >= 0.6 is 0 Å². The molecule has 0 bridgehead atoms. The number of nitrogen functional groups attached to an aromatic ring is 1. The van der Waals surface area contributed by atoms with E-state index in [0.717, 1.165) is 12.8 Å². The van der Waals surface area contributed by atoms with Crippen molar-refractivity contribution in [3.05, 3.63) is 48.5 Å². The van der Waals surface area contributed by atoms with E-state index in [9.17, 15) is 8.42 Å². The Morgan fingerprint density at radius 1 is 0.750 bits per heavy atom. The molecule has 2 aromatic rings. The molecule has 0 aliphatic carbocycles. The van der Waals surface area contributed by atoms with Crippen molar-refractivity contribution in [2.75, 3.05) is 17.1 Å². The van der Waals surface area contributed by atoms with Crippen LogP contribution in [-0.2, 0) is 10.0 Å². The number of para-hydroxylation sites is 2. The van der Waals surface area contributed by atoms with Gasteiger partial charge in [0.1, 0.15) is 5.75 Å². The Labute approximate surface area is 194 Å². The Balaban J connectivity index is 1.65. The highest BCUT2D eigenvalue weighted by atomic mass is 32.2. The minimum absolute atomic E-state index is 0.169. The fourth-order valence-corrected chi connectivity index (χ4v) is 4.72. The van der Waals surface area contributed by atoms with Gasteiger partial charge < -0.3 is 10.5 Å². The number of nitrogens with one attached hydrogen (secondary N) is 1. The van der Waals surface area contributed by atoms with E-state index >= 15 is 0 Å². The van der Waals surface area contributed by atoms with Crippen molar-refractivity contribution in [2.24, 2.45) is 0 Å². The van der Waals surface area contributed by atoms with Gasteiger partial charge in [0.25, 0.3) is 10.0 Å². The van der Waals surface area contributed by atoms with Crippen LogP contribution in [0.25, 0.3) is 0 Å². The predicted molar refractivity (Wildman–Crippen MR) is 135 cm³/mol. The maximum absolute atomic E-state index is 12.6. The number of sulfonamides is 1. The minimum Gasteiger partial charge on any atom is -0.491 e. The molecule has 32 heavy (non-hydrogen) atoms. The zero-order valence-electron chi connectivity index (χ0n) is 19.5. The second kappa shape index (κ2) is 14.8. The van der Waals surface area contributed by atoms with Crippen LogP contribution in [0.5, 0.6) is 5.75 Å². The van der Waals surface area contributed by atoms with Gasteiger partial charge in [-0.15, -0.1) is 0 Å². The van der Waals surface area contributed by atoms with Crippen LogP contribution in [0.3, 0.4) is 0 Å². The van der Waals surface area contributed by atoms with Gasteiger partial charge in [-0.1, -0.05) is 89.7 Å². The van der Waals surface area contributed by atoms with Crippen molar-refractivity contribution in [2.45, 2.75) is 88.9 Å². The second-order valence-electron chi connectivity index (χ2n) is 8.41. The third-order valence-corrected chi connectivity index (χ3v) is 6.96. The van der Waals surface area contributed by atoms with Crippen LogP contribution in [0.1, 0.15) is 84.0 Å². The average molecular weight is 461 g/mol. The van der Waals surface area contributed by atoms with Gasteiger partial charge in [0.2, 0.25) is 0 Å². The summed E-state index contributed by atoms with van der Waals surface area (Å²) in [6, 6.07) is 13.3. The molecule has 0 atom stereocenters. The summed E-state index contributed by atoms with van der Waals surface area (Å²) < 4.78 is 33.8. The number of unbranched alkanes of at least 4 members (excludes halogenated alkanes) is 11. The van der Waals surface area contributed by atoms with Crippen molar-refractivity contribution in [3.8, 4) is 5.75 Å². The topological polar surface area (TPSA) is 81.4 Å². The normalized spacial score (nSPS) is 11.4. The number of anilines is 2. The first-order valence-corrected chi connectivity index (χ1v) is 13.6. The van der Waals surface area contributed by atoms with Crippen molar-refractivity contribution >= 4 is 21.4 Å². The Morgan fingerprint density at radius 3 is 1.88 bits per heavy atom. The molecule has 178 valence electrons. The molecular weight excluding hydrogens is 420 g/mol. The molecule has 0 spiro atoms. The summed E-state index contributed by atoms with van der Waals surface area (Å²) in [5, 5.41) is 0. The lowest BCUT2D eigenvalue weighted by molar-refractivity contribution is 0.306. The monoisotopic (exact) mass is 460 g/mol. The zero-order chi connectivity index (χ0) is 23.1. The highest BCUT2D eigenvalue weighted by Gasteiger charge is 2.16. The third-order valence-electron chi connectivity index (χ3n) is 5.58. The Bertz CT molecular complexity index is 867. The summed E-state index contributed by atoms with van der Waals surface area (Å²) in [6.45, 7) is 2.84. The summed E-state index contributed by atoms with van der Waals surface area (Å²) in [7, 11) is -3.70. The van der Waals surface area contributed by atoms with Crippen LogP contribution in [0.15, 0.2) is 53.4 Å². The van der Waals surface area contributed by atoms with Gasteiger partial charge in [-0.05, 0) is 42.8 Å². The Morgan fingerprint density at radius 2 is 1.28 bits per heavy atom. The van der Waals surface area contributed by atoms with E-state index in [1.165, 1.54) is 76.3 Å². The fraction of sp³-hybridized carbons (Fsp3) is 0.538. The molecule has 6 heteroatoms. The third kappa shape index (κ3) is 9.94. The highest BCUT2D eigenvalue weighted by Crippen LogP contribution is 2.27. The molecule has 0 radical (unpaired) electrons. The summed E-state index contributed by atoms with van der Waals surface area (Å²) in [6.07, 6.45) is 15.5. The summed E-state index contributed by atoms with van der Waals surface area (Å²) in [5.74, 6) is 0.551. The first kappa shape index (κ1) is 26.0. The van der Waals surface area contributed by atoms with Crippen molar-refractivity contribution < 1.29 is 13.2 Å². The molecule has 2 rings (SSSR count). The van der Waals surface area contributed by atoms with Crippen molar-refractivity contribution in [3.63, 3.8) is 0 Å². The molecule has 5 nitrogen and oxygen atoms in total. The van der Waals surface area contributed by atoms with Crippen LogP contribution in [0.4, 0.5) is 11.4 Å². The molecule has 0 amide bonds. The Kier molecular flexibility index (Phi) is 12.0. The van der Waals surface area contributed by atoms with Crippen molar-refractivity contribution in [1.29, 1.82) is 0 Å². The molecule has 0 aliphatic rings. The van der Waals surface area contributed by atoms with E-state index in [1.54, 1.807) is 30.3 Å². The van der Waals surface area contributed by atoms with E-state index in [0.29, 0.717) is 23.7 Å². The molecule has 0 saturated heterocycles. The number of hydrogen-bond acceptors (Lipinski definition) is 4. The van der Waals surface area contributed by atoms with Gasteiger partial charge in [-0.25, -0.2) is 8.42 Å². The molecule has 0 fully saturated rings. The van der Waals surface area contributed by atoms with E-state index < -0.39 is 10.0 Å². The molecule has 0 heterocycles. The average Bonchev–Trinajstić information content (AvgIpc) is 2.78. The lowest BCUT2D eigenvalue weighted by atomic mass is 10.1. The van der Waals surface area contributed by atoms with Crippen LogP contribution < -0.4 is 15.2 Å². The van der Waals surface area contributed by atoms with Gasteiger partial charge in [-0.3, -0.25) is 4.72 Å². The number of ether oxygens (including phenoxy) is 1. The SMILES string of the molecule is CCCCCCCCCCCCCCOc1ccccc1NS(=O)(=O)c1ccc(N)cc1. The van der Waals surface area contributed by atoms with E-state index in [1.807, 2.05) is 6.07 Å². The molecule has 2 aromatic carbocycles. The van der Waals surface area contributed by atoms with E-state index in [4.69, 9.17) is 10.5 Å². The van der Waals surface area contributed by atoms with Crippen LogP contribution in [0, 0.1) is 0 Å². The fourth-order valence-electron chi connectivity index (χ4n) is 3.65. The first-order valence-electron chi connectivity index (χ1n) is 12.1. The molecule has 0 unspecified atom stereocenters. The van der Waals surface area contributed by atoms with Crippen LogP contribution in [0.2, 0.25) is 0 Å². The maximum Gasteiger partial charge on any atom is 0.262 e.